The first-order valence-electron chi connectivity index (χ1n) is 15.1. The molecule has 1 aromatic heterocycles. The van der Waals surface area contributed by atoms with Gasteiger partial charge in [-0.25, -0.2) is 9.82 Å². The minimum absolute atomic E-state index is 0.132. The Morgan fingerprint density at radius 2 is 1.75 bits per heavy atom. The van der Waals surface area contributed by atoms with Gasteiger partial charge in [0.15, 0.2) is 12.1 Å². The van der Waals surface area contributed by atoms with Gasteiger partial charge in [0, 0.05) is 50.7 Å². The summed E-state index contributed by atoms with van der Waals surface area (Å²) in [5.41, 5.74) is 11.6. The molecule has 0 radical (unpaired) electrons. The summed E-state index contributed by atoms with van der Waals surface area (Å²) in [7, 11) is 7.73. The van der Waals surface area contributed by atoms with Crippen molar-refractivity contribution in [2.24, 2.45) is 4.99 Å². The van der Waals surface area contributed by atoms with Crippen molar-refractivity contribution in [1.82, 2.24) is 25.2 Å². The number of nitrogens with one attached hydrogen (secondary N) is 2. The monoisotopic (exact) mass is 602 g/mol. The van der Waals surface area contributed by atoms with Crippen molar-refractivity contribution in [1.29, 1.82) is 0 Å². The summed E-state index contributed by atoms with van der Waals surface area (Å²) < 4.78 is 14.4. The molecule has 0 spiro atoms. The second kappa shape index (κ2) is 17.4. The van der Waals surface area contributed by atoms with E-state index in [1.54, 1.807) is 39.2 Å². The van der Waals surface area contributed by atoms with Crippen molar-refractivity contribution in [2.75, 3.05) is 47.8 Å². The number of carbonyl (C=O) groups excluding carboxylic acids is 2. The first-order chi connectivity index (χ1) is 21.2. The third kappa shape index (κ3) is 9.29. The molecule has 3 heterocycles. The van der Waals surface area contributed by atoms with Crippen LogP contribution >= 0.6 is 0 Å². The number of rotatable bonds is 7. The average molecular weight is 603 g/mol. The number of aliphatic imine (C=N–C) groups is 1. The van der Waals surface area contributed by atoms with E-state index in [9.17, 15) is 14.0 Å². The van der Waals surface area contributed by atoms with Crippen molar-refractivity contribution in [2.45, 2.75) is 45.1 Å². The maximum Gasteiger partial charge on any atom is 0.160 e. The van der Waals surface area contributed by atoms with E-state index in [0.717, 1.165) is 67.6 Å². The molecular formula is C35H47FN6O2. The van der Waals surface area contributed by atoms with Gasteiger partial charge in [0.05, 0.1) is 0 Å². The van der Waals surface area contributed by atoms with Crippen molar-refractivity contribution >= 4 is 18.4 Å². The number of amidine groups is 1. The highest BCUT2D eigenvalue weighted by Gasteiger charge is 2.28. The van der Waals surface area contributed by atoms with Gasteiger partial charge in [-0.2, -0.15) is 0 Å². The van der Waals surface area contributed by atoms with Gasteiger partial charge < -0.3 is 14.9 Å². The fourth-order valence-electron chi connectivity index (χ4n) is 5.40. The van der Waals surface area contributed by atoms with E-state index in [4.69, 9.17) is 0 Å². The van der Waals surface area contributed by atoms with Crippen LogP contribution in [-0.2, 0) is 4.79 Å². The molecule has 3 aromatic rings. The minimum Gasteiger partial charge on any atom is -0.313 e. The normalized spacial score (nSPS) is 18.8. The molecule has 0 saturated carbocycles. The van der Waals surface area contributed by atoms with E-state index < -0.39 is 0 Å². The fourth-order valence-corrected chi connectivity index (χ4v) is 5.40. The molecule has 0 amide bonds. The third-order valence-corrected chi connectivity index (χ3v) is 8.09. The van der Waals surface area contributed by atoms with E-state index in [1.807, 2.05) is 12.1 Å². The number of likely N-dealkylation sites (tertiary alicyclic amines) is 2. The highest BCUT2D eigenvalue weighted by molar-refractivity contribution is 6.04. The van der Waals surface area contributed by atoms with Gasteiger partial charge in [0.1, 0.15) is 17.8 Å². The smallest absolute Gasteiger partial charge is 0.160 e. The van der Waals surface area contributed by atoms with Crippen LogP contribution in [0.2, 0.25) is 0 Å². The number of halogens is 1. The quantitative estimate of drug-likeness (QED) is 0.129. The number of hydrogen-bond donors (Lipinski definition) is 2. The topological polar surface area (TPSA) is 82.0 Å². The van der Waals surface area contributed by atoms with Crippen LogP contribution in [0.1, 0.15) is 57.9 Å². The molecule has 2 aliphatic rings. The lowest BCUT2D eigenvalue weighted by Gasteiger charge is -2.35. The molecule has 2 N–H and O–H groups in total. The number of allylic oxidation sites excluding steroid dienone is 1. The third-order valence-electron chi connectivity index (χ3n) is 8.09. The summed E-state index contributed by atoms with van der Waals surface area (Å²) in [4.78, 5) is 31.0. The van der Waals surface area contributed by atoms with Gasteiger partial charge in [-0.1, -0.05) is 42.0 Å². The molecule has 0 aliphatic carbocycles. The van der Waals surface area contributed by atoms with Crippen LogP contribution in [0.15, 0.2) is 71.9 Å². The van der Waals surface area contributed by atoms with Gasteiger partial charge in [0.2, 0.25) is 0 Å². The number of benzene rings is 2. The zero-order valence-corrected chi connectivity index (χ0v) is 26.9. The Labute approximate surface area is 261 Å². The molecule has 2 fully saturated rings. The largest absolute Gasteiger partial charge is 0.313 e. The van der Waals surface area contributed by atoms with Crippen LogP contribution < -0.4 is 10.9 Å². The maximum absolute atomic E-state index is 12.3. The zero-order valence-electron chi connectivity index (χ0n) is 26.9. The van der Waals surface area contributed by atoms with Gasteiger partial charge in [-0.05, 0) is 95.1 Å². The van der Waals surface area contributed by atoms with Gasteiger partial charge in [-0.15, -0.1) is 0 Å². The first kappa shape index (κ1) is 34.6. The van der Waals surface area contributed by atoms with Crippen molar-refractivity contribution < 1.29 is 14.0 Å². The number of piperidine rings is 1. The van der Waals surface area contributed by atoms with Crippen LogP contribution in [0.4, 0.5) is 4.39 Å². The van der Waals surface area contributed by atoms with Gasteiger partial charge >= 0.3 is 0 Å². The highest BCUT2D eigenvalue weighted by Crippen LogP contribution is 2.32. The second-order valence-electron chi connectivity index (χ2n) is 11.3. The van der Waals surface area contributed by atoms with Crippen molar-refractivity contribution in [3.05, 3.63) is 101 Å². The number of aromatic nitrogens is 1. The summed E-state index contributed by atoms with van der Waals surface area (Å²) in [6, 6.07) is 15.6. The second-order valence-corrected chi connectivity index (χ2v) is 11.3. The number of likely N-dealkylation sites (N-methyl/N-ethyl adjacent to an activating group) is 2. The Morgan fingerprint density at radius 3 is 2.25 bits per heavy atom. The van der Waals surface area contributed by atoms with Crippen LogP contribution in [-0.4, -0.2) is 86.6 Å². The first-order valence-corrected chi connectivity index (χ1v) is 15.1. The lowest BCUT2D eigenvalue weighted by Crippen LogP contribution is -2.42. The Bertz CT molecular complexity index is 1390. The molecule has 2 atom stereocenters. The van der Waals surface area contributed by atoms with E-state index >= 15 is 0 Å². The lowest BCUT2D eigenvalue weighted by atomic mass is 9.90. The molecule has 0 bridgehead atoms. The van der Waals surface area contributed by atoms with Crippen LogP contribution in [0, 0.1) is 19.7 Å². The summed E-state index contributed by atoms with van der Waals surface area (Å²) in [6.45, 7) is 7.06. The number of nitrogens with zero attached hydrogens (tertiary/aromatic N) is 4. The van der Waals surface area contributed by atoms with Crippen LogP contribution in [0.5, 0.6) is 0 Å². The number of hydrazine groups is 1. The molecule has 2 aliphatic heterocycles. The average Bonchev–Trinajstić information content (AvgIpc) is 3.41. The van der Waals surface area contributed by atoms with Crippen LogP contribution in [0.25, 0.3) is 5.69 Å². The Hall–Kier alpha value is -3.92. The molecule has 2 aromatic carbocycles. The SMILES string of the molecule is CN1CCC1/C=C/C=O.CN=C(NNC)c1c(C=O)c(C2CCCN(C)C2)cn1-c1ccc(C)cc1.Cc1ccccc1F. The molecular weight excluding hydrogens is 555 g/mol. The molecule has 9 heteroatoms. The summed E-state index contributed by atoms with van der Waals surface area (Å²) in [5, 5.41) is 0. The Morgan fingerprint density at radius 1 is 1.02 bits per heavy atom. The number of hydrogen-bond acceptors (Lipinski definition) is 6. The highest BCUT2D eigenvalue weighted by atomic mass is 19.1. The fraction of sp³-hybridized carbons (Fsp3) is 0.400. The molecule has 5 rings (SSSR count). The predicted molar refractivity (Wildman–Crippen MR) is 177 cm³/mol. The number of aldehydes is 2. The lowest BCUT2D eigenvalue weighted by molar-refractivity contribution is -0.104. The Kier molecular flexibility index (Phi) is 13.7. The molecule has 44 heavy (non-hydrogen) atoms. The maximum atomic E-state index is 12.3. The van der Waals surface area contributed by atoms with Crippen molar-refractivity contribution in [3.63, 3.8) is 0 Å². The minimum atomic E-state index is -0.132. The van der Waals surface area contributed by atoms with E-state index in [1.165, 1.54) is 18.1 Å². The zero-order chi connectivity index (χ0) is 32.1. The summed E-state index contributed by atoms with van der Waals surface area (Å²) in [5.74, 6) is 0.866. The summed E-state index contributed by atoms with van der Waals surface area (Å²) in [6.07, 6.45) is 10.9. The Balaban J connectivity index is 0.000000251. The standard InChI is InChI=1S/C21H29N5O.C7H7F.C7H11NO/c1-15-7-9-17(10-8-15)26-13-18(16-6-5-11-25(4)12-16)19(14-27)20(26)21(22-2)24-23-3;1-6-4-2-3-5-7(6)8;1-8-5-4-7(8)3-2-6-9/h7-10,13-14,16,23H,5-6,11-12H2,1-4H3,(H,22,24);2-5H,1H3;2-3,6-7H,4-5H2,1H3/b;;3-2+. The summed E-state index contributed by atoms with van der Waals surface area (Å²) >= 11 is 0. The molecule has 2 saturated heterocycles. The van der Waals surface area contributed by atoms with Crippen molar-refractivity contribution in [3.8, 4) is 5.69 Å². The predicted octanol–water partition coefficient (Wildman–Crippen LogP) is 5.09. The molecule has 2 unspecified atom stereocenters. The molecule has 236 valence electrons. The van der Waals surface area contributed by atoms with E-state index in [-0.39, 0.29) is 5.82 Å². The van der Waals surface area contributed by atoms with Gasteiger partial charge in [0.25, 0.3) is 0 Å². The number of aryl methyl sites for hydroxylation is 2. The van der Waals surface area contributed by atoms with Gasteiger partial charge in [-0.3, -0.25) is 19.5 Å². The van der Waals surface area contributed by atoms with E-state index in [2.05, 4.69) is 81.7 Å². The molecule has 8 nitrogen and oxygen atoms in total. The van der Waals surface area contributed by atoms with Crippen LogP contribution in [0.3, 0.4) is 0 Å². The number of carbonyl (C=O) groups is 2. The van der Waals surface area contributed by atoms with E-state index in [0.29, 0.717) is 23.4 Å².